The number of ether oxygens (including phenoxy) is 1. The third-order valence-electron chi connectivity index (χ3n) is 17.3. The number of hydrogen-bond acceptors (Lipinski definition) is 13. The summed E-state index contributed by atoms with van der Waals surface area (Å²) in [6, 6.07) is 30.1. The minimum absolute atomic E-state index is 0.00983. The summed E-state index contributed by atoms with van der Waals surface area (Å²) in [4.78, 5) is 62.9. The van der Waals surface area contributed by atoms with Crippen molar-refractivity contribution in [3.8, 4) is 22.5 Å². The van der Waals surface area contributed by atoms with Crippen molar-refractivity contribution in [1.29, 1.82) is 0 Å². The Morgan fingerprint density at radius 2 is 1.01 bits per heavy atom. The van der Waals surface area contributed by atoms with E-state index in [0.717, 1.165) is 72.9 Å². The standard InChI is InChI=1S/C36H44ClFN6O2.C34H38ClFN6O/c1-22-19-43(35(45)46-36(3,4)5)23(2)18-42(22)33-28-17-29(37)32(26-10-8-9-11-30(26)38)40-34(28)44(21-39-33)31-15-12-24(20-41(6)7)16-27(31)25-13-14-25;1-6-31(43)40-17-22(3)41(18-21(40)2)33-27-16-28(35)32(25-9-7-8-10-29(25)36)38-34(27)42(20-37-33)30-14-11-23(19-39(4)5)15-26(30)24-12-13-24/h8-12,15-17,22-23,25H,13-14,18-21H2,1-7H3;6-11,14-16,21-22,24H,1,12-13,17-20H2,2-5H3/t22-,23+;21-,22+/m01/s1. The molecule has 0 bridgehead atoms. The molecule has 4 atom stereocenters. The van der Waals surface area contributed by atoms with E-state index >= 15 is 8.78 Å². The normalized spacial score (nSPS) is 20.2. The molecule has 6 aliphatic rings. The van der Waals surface area contributed by atoms with Crippen molar-refractivity contribution in [2.24, 2.45) is 9.98 Å². The first-order chi connectivity index (χ1) is 42.5. The van der Waals surface area contributed by atoms with E-state index < -0.39 is 5.60 Å². The molecule has 0 radical (unpaired) electrons. The summed E-state index contributed by atoms with van der Waals surface area (Å²) in [5, 5.41) is 0.721. The largest absolute Gasteiger partial charge is 0.444 e. The van der Waals surface area contributed by atoms with E-state index in [1.807, 2.05) is 51.7 Å². The zero-order valence-electron chi connectivity index (χ0n) is 53.1. The summed E-state index contributed by atoms with van der Waals surface area (Å²) >= 11 is 13.8. The van der Waals surface area contributed by atoms with Gasteiger partial charge in [0.25, 0.3) is 0 Å². The minimum Gasteiger partial charge on any atom is -0.444 e. The number of pyridine rings is 2. The quantitative estimate of drug-likeness (QED) is 0.115. The Morgan fingerprint density at radius 1 is 0.596 bits per heavy atom. The van der Waals surface area contributed by atoms with Gasteiger partial charge in [-0.05, 0) is 191 Å². The van der Waals surface area contributed by atoms with Crippen LogP contribution in [0.4, 0.5) is 36.6 Å². The van der Waals surface area contributed by atoms with Crippen LogP contribution < -0.4 is 9.80 Å². The second-order valence-corrected chi connectivity index (χ2v) is 27.1. The third kappa shape index (κ3) is 13.5. The fourth-order valence-electron chi connectivity index (χ4n) is 12.7. The lowest BCUT2D eigenvalue weighted by atomic mass is 10.0. The molecule has 0 unspecified atom stereocenters. The van der Waals surface area contributed by atoms with Gasteiger partial charge in [-0.1, -0.05) is 78.3 Å². The average molecular weight is 1250 g/mol. The molecule has 15 nitrogen and oxygen atoms in total. The van der Waals surface area contributed by atoms with Crippen LogP contribution in [0.5, 0.6) is 0 Å². The number of amidine groups is 2. The van der Waals surface area contributed by atoms with Crippen LogP contribution >= 0.6 is 23.2 Å². The highest BCUT2D eigenvalue weighted by Crippen LogP contribution is 2.50. The van der Waals surface area contributed by atoms with Crippen LogP contribution in [0.1, 0.15) is 119 Å². The summed E-state index contributed by atoms with van der Waals surface area (Å²) in [7, 11) is 8.31. The molecule has 2 saturated carbocycles. The molecule has 2 aromatic heterocycles. The first kappa shape index (κ1) is 63.1. The van der Waals surface area contributed by atoms with Gasteiger partial charge in [-0.3, -0.25) is 4.79 Å². The average Bonchev–Trinajstić information content (AvgIpc) is 1.65. The zero-order valence-corrected chi connectivity index (χ0v) is 54.6. The van der Waals surface area contributed by atoms with E-state index in [-0.39, 0.29) is 47.8 Å². The molecule has 0 spiro atoms. The van der Waals surface area contributed by atoms with E-state index in [4.69, 9.17) is 47.9 Å². The number of rotatable bonds is 11. The molecule has 0 N–H and O–H groups in total. The highest BCUT2D eigenvalue weighted by Gasteiger charge is 2.41. The molecule has 89 heavy (non-hydrogen) atoms. The van der Waals surface area contributed by atoms with Gasteiger partial charge in [0.05, 0.1) is 32.6 Å². The van der Waals surface area contributed by atoms with Crippen molar-refractivity contribution in [1.82, 2.24) is 39.4 Å². The number of fused-ring (bicyclic) bond motifs is 2. The summed E-state index contributed by atoms with van der Waals surface area (Å²) < 4.78 is 35.9. The molecule has 468 valence electrons. The molecule has 6 heterocycles. The van der Waals surface area contributed by atoms with Crippen LogP contribution in [0, 0.1) is 11.6 Å². The van der Waals surface area contributed by atoms with Gasteiger partial charge in [-0.2, -0.15) is 0 Å². The second-order valence-electron chi connectivity index (χ2n) is 26.3. The Hall–Kier alpha value is -7.44. The maximum Gasteiger partial charge on any atom is 0.410 e. The molecule has 4 aromatic carbocycles. The van der Waals surface area contributed by atoms with Crippen molar-refractivity contribution in [2.45, 2.75) is 129 Å². The summed E-state index contributed by atoms with van der Waals surface area (Å²) in [6.45, 7) is 22.2. The number of nitrogens with zero attached hydrogens (tertiary/aromatic N) is 12. The predicted octanol–water partition coefficient (Wildman–Crippen LogP) is 14.1. The van der Waals surface area contributed by atoms with E-state index in [9.17, 15) is 9.59 Å². The smallest absolute Gasteiger partial charge is 0.410 e. The number of carbonyl (C=O) groups is 2. The highest BCUT2D eigenvalue weighted by molar-refractivity contribution is 6.34. The summed E-state index contributed by atoms with van der Waals surface area (Å²) in [6.07, 6.45) is 5.68. The number of hydrogen-bond donors (Lipinski definition) is 0. The number of halogens is 4. The second kappa shape index (κ2) is 25.8. The number of piperazine rings is 2. The lowest BCUT2D eigenvalue weighted by molar-refractivity contribution is -0.130. The van der Waals surface area contributed by atoms with Gasteiger partial charge >= 0.3 is 6.09 Å². The number of aliphatic imine (C=N–C) groups is 2. The van der Waals surface area contributed by atoms with Gasteiger partial charge in [-0.25, -0.2) is 33.5 Å². The number of anilines is 4. The molecule has 4 fully saturated rings. The molecule has 4 aliphatic heterocycles. The number of aromatic nitrogens is 2. The Bertz CT molecular complexity index is 3750. The van der Waals surface area contributed by atoms with Crippen LogP contribution in [-0.2, 0) is 22.6 Å². The summed E-state index contributed by atoms with van der Waals surface area (Å²) in [5.41, 5.74) is 9.81. The van der Waals surface area contributed by atoms with Gasteiger partial charge in [0.1, 0.15) is 53.9 Å². The first-order valence-corrected chi connectivity index (χ1v) is 31.8. The van der Waals surface area contributed by atoms with Gasteiger partial charge in [0.2, 0.25) is 5.91 Å². The van der Waals surface area contributed by atoms with E-state index in [1.54, 1.807) is 41.3 Å². The van der Waals surface area contributed by atoms with Crippen LogP contribution in [0.2, 0.25) is 10.0 Å². The zero-order chi connectivity index (χ0) is 63.3. The lowest BCUT2D eigenvalue weighted by Gasteiger charge is -2.46. The third-order valence-corrected chi connectivity index (χ3v) is 17.9. The Balaban J connectivity index is 0.000000184. The molecule has 2 saturated heterocycles. The molecule has 6 aromatic rings. The predicted molar refractivity (Wildman–Crippen MR) is 354 cm³/mol. The topological polar surface area (TPSA) is 120 Å². The van der Waals surface area contributed by atoms with E-state index in [1.165, 1.54) is 40.5 Å². The van der Waals surface area contributed by atoms with E-state index in [0.29, 0.717) is 95.5 Å². The lowest BCUT2D eigenvalue weighted by Crippen LogP contribution is -2.60. The number of carbonyl (C=O) groups excluding carboxylic acids is 2. The van der Waals surface area contributed by atoms with Crippen molar-refractivity contribution in [2.75, 3.05) is 77.5 Å². The van der Waals surface area contributed by atoms with Gasteiger partial charge in [0, 0.05) is 85.9 Å². The van der Waals surface area contributed by atoms with E-state index in [2.05, 4.69) is 114 Å². The van der Waals surface area contributed by atoms with Crippen LogP contribution in [0.15, 0.2) is 120 Å². The number of benzene rings is 4. The summed E-state index contributed by atoms with van der Waals surface area (Å²) in [5.74, 6) is 3.16. The minimum atomic E-state index is -0.574. The monoisotopic (exact) mass is 1250 g/mol. The van der Waals surface area contributed by atoms with Crippen LogP contribution in [-0.4, -0.2) is 161 Å². The van der Waals surface area contributed by atoms with Crippen LogP contribution in [0.3, 0.4) is 0 Å². The van der Waals surface area contributed by atoms with Crippen molar-refractivity contribution >= 4 is 69.9 Å². The molecule has 2 amide bonds. The Kier molecular flexibility index (Phi) is 18.3. The maximum atomic E-state index is 15.1. The molecule has 2 aliphatic carbocycles. The fourth-order valence-corrected chi connectivity index (χ4v) is 13.3. The molecular formula is C70H82Cl2F2N12O3. The maximum absolute atomic E-state index is 15.1. The molecule has 19 heteroatoms. The molecule has 12 rings (SSSR count). The number of amides is 2. The van der Waals surface area contributed by atoms with Gasteiger partial charge < -0.3 is 43.9 Å². The fraction of sp³-hybridized carbons (Fsp3) is 0.429. The van der Waals surface area contributed by atoms with Gasteiger partial charge in [-0.15, -0.1) is 0 Å². The van der Waals surface area contributed by atoms with Crippen molar-refractivity contribution < 1.29 is 23.1 Å². The van der Waals surface area contributed by atoms with Crippen LogP contribution in [0.25, 0.3) is 22.5 Å². The SMILES string of the molecule is C=CC(=O)N1C[C@H](C)N(C2=NCN(c3ccc(CN(C)C)cc3C3CC3)c3nc(-c4ccccc4F)c(Cl)cc32)C[C@H]1C.C[C@@H]1CN(C2=NCN(c3ccc(CN(C)C)cc3C3CC3)c3nc(-c4ccccc4F)c(Cl)cc32)[C@@H](C)CN1C(=O)OC(C)(C)C. The first-order valence-electron chi connectivity index (χ1n) is 31.0. The van der Waals surface area contributed by atoms with Gasteiger partial charge in [0.15, 0.2) is 0 Å². The van der Waals surface area contributed by atoms with Crippen molar-refractivity contribution in [3.05, 3.63) is 165 Å². The van der Waals surface area contributed by atoms with Crippen molar-refractivity contribution in [3.63, 3.8) is 0 Å². The Morgan fingerprint density at radius 3 is 1.40 bits per heavy atom. The highest BCUT2D eigenvalue weighted by atomic mass is 35.5. The Labute approximate surface area is 533 Å². The molecular weight excluding hydrogens is 1170 g/mol.